The maximum absolute atomic E-state index is 12.6. The van der Waals surface area contributed by atoms with Crippen LogP contribution in [0.4, 0.5) is 18.9 Å². The standard InChI is InChI=1S/C15H18F3N5O/c1-10-8-22(9-13-19-14(24)21-20-13)6-7-23(10)12-4-2-11(3-5-12)15(16,17)18/h2-5,10H,6-9H2,1H3,(H2,19,20,21,24). The lowest BCUT2D eigenvalue weighted by atomic mass is 10.1. The molecule has 1 atom stereocenters. The number of hydrogen-bond donors (Lipinski definition) is 2. The van der Waals surface area contributed by atoms with Crippen molar-refractivity contribution >= 4 is 5.69 Å². The first-order valence-electron chi connectivity index (χ1n) is 7.63. The Labute approximate surface area is 136 Å². The monoisotopic (exact) mass is 341 g/mol. The first-order chi connectivity index (χ1) is 11.3. The highest BCUT2D eigenvalue weighted by molar-refractivity contribution is 5.49. The number of rotatable bonds is 3. The Bertz CT molecular complexity index is 737. The van der Waals surface area contributed by atoms with Crippen molar-refractivity contribution in [3.05, 3.63) is 46.1 Å². The Morgan fingerprint density at radius 2 is 1.96 bits per heavy atom. The average Bonchev–Trinajstić information content (AvgIpc) is 2.92. The molecule has 0 radical (unpaired) electrons. The van der Waals surface area contributed by atoms with E-state index in [1.54, 1.807) is 0 Å². The molecule has 1 aromatic carbocycles. The first-order valence-corrected chi connectivity index (χ1v) is 7.63. The van der Waals surface area contributed by atoms with Gasteiger partial charge in [-0.15, -0.1) is 0 Å². The van der Waals surface area contributed by atoms with Crippen LogP contribution in [0.3, 0.4) is 0 Å². The molecule has 9 heteroatoms. The smallest absolute Gasteiger partial charge is 0.366 e. The number of H-pyrrole nitrogens is 2. The number of anilines is 1. The predicted octanol–water partition coefficient (Wildman–Crippen LogP) is 1.83. The summed E-state index contributed by atoms with van der Waals surface area (Å²) >= 11 is 0. The fourth-order valence-corrected chi connectivity index (χ4v) is 2.99. The van der Waals surface area contributed by atoms with E-state index in [-0.39, 0.29) is 11.7 Å². The van der Waals surface area contributed by atoms with E-state index < -0.39 is 11.7 Å². The third-order valence-corrected chi connectivity index (χ3v) is 4.16. The summed E-state index contributed by atoms with van der Waals surface area (Å²) in [6.07, 6.45) is -4.32. The Balaban J connectivity index is 1.64. The topological polar surface area (TPSA) is 68.0 Å². The van der Waals surface area contributed by atoms with Crippen molar-refractivity contribution in [1.29, 1.82) is 0 Å². The molecule has 1 saturated heterocycles. The number of halogens is 3. The number of hydrogen-bond acceptors (Lipinski definition) is 4. The molecule has 0 amide bonds. The molecule has 1 fully saturated rings. The zero-order valence-corrected chi connectivity index (χ0v) is 13.1. The number of aromatic nitrogens is 3. The molecule has 1 aromatic heterocycles. The van der Waals surface area contributed by atoms with E-state index in [4.69, 9.17) is 0 Å². The Morgan fingerprint density at radius 1 is 1.25 bits per heavy atom. The van der Waals surface area contributed by atoms with Crippen LogP contribution in [0.2, 0.25) is 0 Å². The van der Waals surface area contributed by atoms with Crippen LogP contribution in [0, 0.1) is 0 Å². The summed E-state index contributed by atoms with van der Waals surface area (Å²) in [5.41, 5.74) is -0.190. The van der Waals surface area contributed by atoms with E-state index in [9.17, 15) is 18.0 Å². The largest absolute Gasteiger partial charge is 0.416 e. The van der Waals surface area contributed by atoms with Gasteiger partial charge in [0, 0.05) is 31.4 Å². The summed E-state index contributed by atoms with van der Waals surface area (Å²) < 4.78 is 37.9. The quantitative estimate of drug-likeness (QED) is 0.894. The molecule has 1 unspecified atom stereocenters. The fraction of sp³-hybridized carbons (Fsp3) is 0.467. The van der Waals surface area contributed by atoms with Crippen molar-refractivity contribution < 1.29 is 13.2 Å². The van der Waals surface area contributed by atoms with Crippen LogP contribution < -0.4 is 10.6 Å². The predicted molar refractivity (Wildman–Crippen MR) is 82.7 cm³/mol. The van der Waals surface area contributed by atoms with Gasteiger partial charge < -0.3 is 4.90 Å². The highest BCUT2D eigenvalue weighted by Gasteiger charge is 2.31. The summed E-state index contributed by atoms with van der Waals surface area (Å²) in [4.78, 5) is 17.9. The molecule has 24 heavy (non-hydrogen) atoms. The van der Waals surface area contributed by atoms with E-state index in [0.717, 1.165) is 30.9 Å². The number of piperazine rings is 1. The average molecular weight is 341 g/mol. The normalized spacial score (nSPS) is 19.7. The van der Waals surface area contributed by atoms with Gasteiger partial charge in [-0.2, -0.15) is 18.3 Å². The highest BCUT2D eigenvalue weighted by Crippen LogP contribution is 2.31. The fourth-order valence-electron chi connectivity index (χ4n) is 2.99. The van der Waals surface area contributed by atoms with Crippen molar-refractivity contribution in [2.24, 2.45) is 0 Å². The number of alkyl halides is 3. The zero-order chi connectivity index (χ0) is 17.3. The molecule has 2 heterocycles. The lowest BCUT2D eigenvalue weighted by Crippen LogP contribution is -2.51. The van der Waals surface area contributed by atoms with Crippen LogP contribution in [-0.4, -0.2) is 45.8 Å². The summed E-state index contributed by atoms with van der Waals surface area (Å²) in [5.74, 6) is 0.579. The molecule has 1 aliphatic rings. The third kappa shape index (κ3) is 3.61. The van der Waals surface area contributed by atoms with Gasteiger partial charge in [0.05, 0.1) is 12.1 Å². The van der Waals surface area contributed by atoms with Crippen LogP contribution in [0.25, 0.3) is 0 Å². The van der Waals surface area contributed by atoms with Crippen LogP contribution >= 0.6 is 0 Å². The van der Waals surface area contributed by atoms with Crippen LogP contribution in [0.15, 0.2) is 29.1 Å². The molecular weight excluding hydrogens is 323 g/mol. The lowest BCUT2D eigenvalue weighted by molar-refractivity contribution is -0.137. The molecule has 130 valence electrons. The van der Waals surface area contributed by atoms with Crippen molar-refractivity contribution in [1.82, 2.24) is 20.1 Å². The van der Waals surface area contributed by atoms with Crippen molar-refractivity contribution in [2.75, 3.05) is 24.5 Å². The molecule has 6 nitrogen and oxygen atoms in total. The number of nitrogens with one attached hydrogen (secondary N) is 2. The van der Waals surface area contributed by atoms with E-state index >= 15 is 0 Å². The SMILES string of the molecule is CC1CN(Cc2n[nH]c(=O)[nH]2)CCN1c1ccc(C(F)(F)F)cc1. The van der Waals surface area contributed by atoms with Crippen LogP contribution in [0.5, 0.6) is 0 Å². The van der Waals surface area contributed by atoms with E-state index in [1.807, 2.05) is 6.92 Å². The molecule has 2 N–H and O–H groups in total. The third-order valence-electron chi connectivity index (χ3n) is 4.16. The van der Waals surface area contributed by atoms with Crippen LogP contribution in [-0.2, 0) is 12.7 Å². The molecule has 0 bridgehead atoms. The second kappa shape index (κ2) is 6.31. The van der Waals surface area contributed by atoms with Crippen LogP contribution in [0.1, 0.15) is 18.3 Å². The first kappa shape index (κ1) is 16.6. The molecule has 2 aromatic rings. The second-order valence-electron chi connectivity index (χ2n) is 5.95. The van der Waals surface area contributed by atoms with Gasteiger partial charge in [-0.05, 0) is 31.2 Å². The Morgan fingerprint density at radius 3 is 2.50 bits per heavy atom. The molecule has 3 rings (SSSR count). The number of nitrogens with zero attached hydrogens (tertiary/aromatic N) is 3. The second-order valence-corrected chi connectivity index (χ2v) is 5.95. The summed E-state index contributed by atoms with van der Waals surface area (Å²) in [5, 5.41) is 6.22. The summed E-state index contributed by atoms with van der Waals surface area (Å²) in [7, 11) is 0. The van der Waals surface area contributed by atoms with E-state index in [2.05, 4.69) is 25.0 Å². The van der Waals surface area contributed by atoms with E-state index in [1.165, 1.54) is 12.1 Å². The van der Waals surface area contributed by atoms with Gasteiger partial charge in [-0.1, -0.05) is 0 Å². The minimum absolute atomic E-state index is 0.140. The summed E-state index contributed by atoms with van der Waals surface area (Å²) in [6, 6.07) is 5.40. The number of aromatic amines is 2. The van der Waals surface area contributed by atoms with Gasteiger partial charge in [-0.25, -0.2) is 9.89 Å². The van der Waals surface area contributed by atoms with Gasteiger partial charge in [-0.3, -0.25) is 9.88 Å². The minimum atomic E-state index is -4.32. The summed E-state index contributed by atoms with van der Waals surface area (Å²) in [6.45, 7) is 4.72. The van der Waals surface area contributed by atoms with Crippen molar-refractivity contribution in [3.8, 4) is 0 Å². The minimum Gasteiger partial charge on any atom is -0.366 e. The van der Waals surface area contributed by atoms with Gasteiger partial charge >= 0.3 is 11.9 Å². The molecule has 0 aliphatic carbocycles. The highest BCUT2D eigenvalue weighted by atomic mass is 19.4. The number of benzene rings is 1. The molecule has 0 saturated carbocycles. The molecular formula is C15H18F3N5O. The zero-order valence-electron chi connectivity index (χ0n) is 13.1. The Kier molecular flexibility index (Phi) is 4.35. The van der Waals surface area contributed by atoms with Gasteiger partial charge in [0.2, 0.25) is 0 Å². The lowest BCUT2D eigenvalue weighted by Gasteiger charge is -2.41. The molecule has 1 aliphatic heterocycles. The molecule has 0 spiro atoms. The van der Waals surface area contributed by atoms with Gasteiger partial charge in [0.1, 0.15) is 5.82 Å². The van der Waals surface area contributed by atoms with E-state index in [0.29, 0.717) is 18.9 Å². The van der Waals surface area contributed by atoms with Gasteiger partial charge in [0.15, 0.2) is 0 Å². The van der Waals surface area contributed by atoms with Crippen molar-refractivity contribution in [3.63, 3.8) is 0 Å². The maximum atomic E-state index is 12.6. The Hall–Kier alpha value is -2.29. The maximum Gasteiger partial charge on any atom is 0.416 e. The van der Waals surface area contributed by atoms with Crippen molar-refractivity contribution in [2.45, 2.75) is 25.7 Å². The van der Waals surface area contributed by atoms with Gasteiger partial charge in [0.25, 0.3) is 0 Å².